The molecule has 10 aromatic rings. The lowest BCUT2D eigenvalue weighted by atomic mass is 9.98. The summed E-state index contributed by atoms with van der Waals surface area (Å²) < 4.78 is 5.32. The van der Waals surface area contributed by atoms with Gasteiger partial charge in [0.25, 0.3) is 0 Å². The molecule has 0 unspecified atom stereocenters. The van der Waals surface area contributed by atoms with Gasteiger partial charge in [-0.3, -0.25) is 0 Å². The van der Waals surface area contributed by atoms with E-state index in [0.29, 0.717) is 0 Å². The molecule has 0 bridgehead atoms. The summed E-state index contributed by atoms with van der Waals surface area (Å²) in [5.41, 5.74) is 6.01. The van der Waals surface area contributed by atoms with Gasteiger partial charge in [-0.05, 0) is 65.4 Å². The van der Waals surface area contributed by atoms with Crippen molar-refractivity contribution in [2.75, 3.05) is 4.90 Å². The van der Waals surface area contributed by atoms with Gasteiger partial charge >= 0.3 is 0 Å². The molecule has 3 aromatic heterocycles. The van der Waals surface area contributed by atoms with Crippen molar-refractivity contribution < 1.29 is 0 Å². The van der Waals surface area contributed by atoms with Gasteiger partial charge in [0.05, 0.1) is 20.4 Å². The number of aromatic amines is 1. The maximum Gasteiger partial charge on any atom is 0.0653 e. The molecule has 7 aromatic carbocycles. The van der Waals surface area contributed by atoms with Crippen LogP contribution in [0.25, 0.3) is 72.9 Å². The maximum atomic E-state index is 3.97. The second kappa shape index (κ2) is 8.32. The van der Waals surface area contributed by atoms with Crippen LogP contribution in [0, 0.1) is 0 Å². The molecular weight excluding hydrogens is 549 g/mol. The van der Waals surface area contributed by atoms with Crippen LogP contribution in [0.5, 0.6) is 0 Å². The van der Waals surface area contributed by atoms with Crippen molar-refractivity contribution in [3.8, 4) is 0 Å². The van der Waals surface area contributed by atoms with Gasteiger partial charge in [-0.25, -0.2) is 0 Å². The second-order valence-corrected chi connectivity index (χ2v) is 13.1. The molecule has 1 N–H and O–H groups in total. The maximum absolute atomic E-state index is 3.97. The smallest absolute Gasteiger partial charge is 0.0653 e. The van der Waals surface area contributed by atoms with Gasteiger partial charge in [-0.15, -0.1) is 22.7 Å². The number of aromatic nitrogens is 1. The van der Waals surface area contributed by atoms with Crippen LogP contribution in [0.1, 0.15) is 0 Å². The highest BCUT2D eigenvalue weighted by atomic mass is 32.1. The standard InChI is InChI=1S/C38H22N2S2/c1-3-9-24(10-4-1)40(25-11-5-2-6-12-25)26-17-18-28-30-20-23-16-15-22-19-29-27-13-7-8-14-31(27)41-37(29)35-33(22)34(23)36(39-35)38(30)42-32(28)21-26/h1-21,39H. The van der Waals surface area contributed by atoms with E-state index in [1.54, 1.807) is 0 Å². The molecule has 2 nitrogen and oxygen atoms in total. The van der Waals surface area contributed by atoms with Crippen molar-refractivity contribution in [1.29, 1.82) is 0 Å². The molecule has 0 fully saturated rings. The fraction of sp³-hybridized carbons (Fsp3) is 0. The summed E-state index contributed by atoms with van der Waals surface area (Å²) in [6.45, 7) is 0. The molecule has 0 amide bonds. The summed E-state index contributed by atoms with van der Waals surface area (Å²) in [5.74, 6) is 0. The van der Waals surface area contributed by atoms with E-state index >= 15 is 0 Å². The molecule has 0 aliphatic rings. The minimum atomic E-state index is 1.15. The normalized spacial score (nSPS) is 12.3. The third-order valence-electron chi connectivity index (χ3n) is 8.71. The van der Waals surface area contributed by atoms with Crippen LogP contribution >= 0.6 is 22.7 Å². The number of para-hydroxylation sites is 2. The predicted octanol–water partition coefficient (Wildman–Crippen LogP) is 12.1. The molecule has 196 valence electrons. The fourth-order valence-electron chi connectivity index (χ4n) is 6.88. The molecule has 0 aliphatic carbocycles. The van der Waals surface area contributed by atoms with Gasteiger partial charge in [0.2, 0.25) is 0 Å². The summed E-state index contributed by atoms with van der Waals surface area (Å²) in [4.78, 5) is 6.31. The van der Waals surface area contributed by atoms with E-state index in [1.807, 2.05) is 22.7 Å². The monoisotopic (exact) mass is 570 g/mol. The van der Waals surface area contributed by atoms with Crippen molar-refractivity contribution in [3.05, 3.63) is 127 Å². The lowest BCUT2D eigenvalue weighted by Gasteiger charge is -2.25. The number of H-pyrrole nitrogens is 1. The van der Waals surface area contributed by atoms with E-state index in [1.165, 1.54) is 72.9 Å². The Kier molecular flexibility index (Phi) is 4.51. The summed E-state index contributed by atoms with van der Waals surface area (Å²) in [5, 5.41) is 10.6. The van der Waals surface area contributed by atoms with Crippen LogP contribution in [0.2, 0.25) is 0 Å². The predicted molar refractivity (Wildman–Crippen MR) is 185 cm³/mol. The molecule has 4 heteroatoms. The third kappa shape index (κ3) is 3.03. The van der Waals surface area contributed by atoms with Crippen molar-refractivity contribution in [1.82, 2.24) is 4.98 Å². The molecule has 0 aliphatic heterocycles. The highest BCUT2D eigenvalue weighted by Gasteiger charge is 2.21. The molecule has 0 spiro atoms. The van der Waals surface area contributed by atoms with Crippen LogP contribution in [-0.2, 0) is 0 Å². The quantitative estimate of drug-likeness (QED) is 0.209. The van der Waals surface area contributed by atoms with E-state index in [9.17, 15) is 0 Å². The fourth-order valence-corrected chi connectivity index (χ4v) is 9.29. The number of thiophene rings is 2. The van der Waals surface area contributed by atoms with Crippen LogP contribution in [0.4, 0.5) is 17.1 Å². The number of hydrogen-bond acceptors (Lipinski definition) is 3. The minimum absolute atomic E-state index is 1.15. The molecule has 3 heterocycles. The van der Waals surface area contributed by atoms with Crippen molar-refractivity contribution in [3.63, 3.8) is 0 Å². The second-order valence-electron chi connectivity index (χ2n) is 11.0. The molecule has 0 saturated heterocycles. The Morgan fingerprint density at radius 1 is 0.429 bits per heavy atom. The number of nitrogens with one attached hydrogen (secondary N) is 1. The first-order valence-electron chi connectivity index (χ1n) is 14.2. The van der Waals surface area contributed by atoms with E-state index in [2.05, 4.69) is 137 Å². The van der Waals surface area contributed by atoms with Crippen LogP contribution < -0.4 is 4.90 Å². The molecule has 0 saturated carbocycles. The highest BCUT2D eigenvalue weighted by Crippen LogP contribution is 2.49. The number of benzene rings is 7. The Balaban J connectivity index is 1.26. The first kappa shape index (κ1) is 22.8. The van der Waals surface area contributed by atoms with Gasteiger partial charge in [0, 0.05) is 58.8 Å². The molecule has 10 rings (SSSR count). The summed E-state index contributed by atoms with van der Waals surface area (Å²) in [7, 11) is 0. The number of rotatable bonds is 3. The highest BCUT2D eigenvalue weighted by molar-refractivity contribution is 7.27. The minimum Gasteiger partial charge on any atom is -0.352 e. The van der Waals surface area contributed by atoms with Crippen molar-refractivity contribution >= 4 is 113 Å². The first-order valence-corrected chi connectivity index (χ1v) is 15.8. The van der Waals surface area contributed by atoms with Gasteiger partial charge in [0.1, 0.15) is 0 Å². The Morgan fingerprint density at radius 2 is 0.976 bits per heavy atom. The van der Waals surface area contributed by atoms with Crippen LogP contribution in [0.15, 0.2) is 127 Å². The van der Waals surface area contributed by atoms with E-state index in [-0.39, 0.29) is 0 Å². The van der Waals surface area contributed by atoms with Gasteiger partial charge in [-0.1, -0.05) is 72.8 Å². The summed E-state index contributed by atoms with van der Waals surface area (Å²) in [6.07, 6.45) is 0. The first-order chi connectivity index (χ1) is 20.8. The zero-order chi connectivity index (χ0) is 27.4. The van der Waals surface area contributed by atoms with E-state index in [4.69, 9.17) is 0 Å². The van der Waals surface area contributed by atoms with Gasteiger partial charge < -0.3 is 9.88 Å². The SMILES string of the molecule is c1ccc(N(c2ccccc2)c2ccc3c(c2)sc2c3cc3ccc4cc5c6ccccc6sc5c5[nH]c2c3c45)cc1. The Hall–Kier alpha value is -4.90. The zero-order valence-electron chi connectivity index (χ0n) is 22.4. The number of nitrogens with zero attached hydrogens (tertiary/aromatic N) is 1. The van der Waals surface area contributed by atoms with Gasteiger partial charge in [0.15, 0.2) is 0 Å². The number of anilines is 3. The Morgan fingerprint density at radius 3 is 1.62 bits per heavy atom. The average Bonchev–Trinajstić information content (AvgIpc) is 3.73. The largest absolute Gasteiger partial charge is 0.352 e. The Bertz CT molecular complexity index is 2580. The lowest BCUT2D eigenvalue weighted by molar-refractivity contribution is 1.29. The lowest BCUT2D eigenvalue weighted by Crippen LogP contribution is -2.09. The summed E-state index contributed by atoms with van der Waals surface area (Å²) in [6, 6.07) is 46.4. The van der Waals surface area contributed by atoms with Crippen molar-refractivity contribution in [2.45, 2.75) is 0 Å². The molecule has 42 heavy (non-hydrogen) atoms. The zero-order valence-corrected chi connectivity index (χ0v) is 24.0. The van der Waals surface area contributed by atoms with Crippen LogP contribution in [0.3, 0.4) is 0 Å². The molecular formula is C38H22N2S2. The van der Waals surface area contributed by atoms with Crippen molar-refractivity contribution in [2.24, 2.45) is 0 Å². The van der Waals surface area contributed by atoms with Crippen LogP contribution in [-0.4, -0.2) is 4.98 Å². The van der Waals surface area contributed by atoms with Gasteiger partial charge in [-0.2, -0.15) is 0 Å². The van der Waals surface area contributed by atoms with E-state index < -0.39 is 0 Å². The Labute approximate surface area is 249 Å². The topological polar surface area (TPSA) is 19.0 Å². The summed E-state index contributed by atoms with van der Waals surface area (Å²) >= 11 is 3.80. The number of fused-ring (bicyclic) bond motifs is 8. The molecule has 0 radical (unpaired) electrons. The molecule has 0 atom stereocenters. The average molecular weight is 571 g/mol. The third-order valence-corrected chi connectivity index (χ3v) is 11.1. The number of hydrogen-bond donors (Lipinski definition) is 1. The van der Waals surface area contributed by atoms with E-state index in [0.717, 1.165) is 17.1 Å².